The number of rotatable bonds is 6. The Hall–Kier alpha value is -2.83. The van der Waals surface area contributed by atoms with E-state index < -0.39 is 12.1 Å². The molecule has 0 aliphatic heterocycles. The molecule has 0 unspecified atom stereocenters. The lowest BCUT2D eigenvalue weighted by Crippen LogP contribution is -2.29. The Morgan fingerprint density at radius 3 is 1.70 bits per heavy atom. The Labute approximate surface area is 156 Å². The highest BCUT2D eigenvalue weighted by molar-refractivity contribution is 5.77. The molecule has 0 saturated carbocycles. The molecule has 27 heavy (non-hydrogen) atoms. The molecule has 0 heterocycles. The van der Waals surface area contributed by atoms with Crippen molar-refractivity contribution >= 4 is 11.9 Å². The second kappa shape index (κ2) is 11.0. The molecule has 0 atom stereocenters. The zero-order valence-electron chi connectivity index (χ0n) is 14.9. The minimum Gasteiger partial charge on any atom is -0.475 e. The first kappa shape index (κ1) is 22.2. The molecule has 0 aliphatic rings. The average molecular weight is 381 g/mol. The highest BCUT2D eigenvalue weighted by Gasteiger charge is 2.38. The lowest BCUT2D eigenvalue weighted by molar-refractivity contribution is -0.192. The van der Waals surface area contributed by atoms with Crippen molar-refractivity contribution in [3.8, 4) is 0 Å². The number of hydrogen-bond acceptors (Lipinski definition) is 2. The molecule has 2 aromatic rings. The highest BCUT2D eigenvalue weighted by atomic mass is 19.4. The molecule has 2 rings (SSSR count). The predicted octanol–water partition coefficient (Wildman–Crippen LogP) is 4.72. The maximum atomic E-state index is 12.0. The van der Waals surface area contributed by atoms with Crippen LogP contribution >= 0.6 is 0 Å². The maximum absolute atomic E-state index is 12.0. The molecule has 7 heteroatoms. The standard InChI is InChI=1S/C18H21NO.C2HF3O2/c1-2-3-14-17(20)19-18(15-10-6-4-7-11-15)16-12-8-5-9-13-16;3-2(4,5)1(6)7/h4-13,18H,2-3,14H2,1H3,(H,19,20);(H,6,7). The average Bonchev–Trinajstić information content (AvgIpc) is 2.65. The number of hydrogen-bond donors (Lipinski definition) is 2. The van der Waals surface area contributed by atoms with E-state index >= 15 is 0 Å². The molecule has 0 fully saturated rings. The van der Waals surface area contributed by atoms with E-state index in [1.807, 2.05) is 36.4 Å². The van der Waals surface area contributed by atoms with Gasteiger partial charge in [-0.25, -0.2) is 4.79 Å². The fraction of sp³-hybridized carbons (Fsp3) is 0.300. The van der Waals surface area contributed by atoms with Crippen LogP contribution in [0.25, 0.3) is 0 Å². The van der Waals surface area contributed by atoms with Gasteiger partial charge in [0.05, 0.1) is 6.04 Å². The second-order valence-electron chi connectivity index (χ2n) is 5.73. The summed E-state index contributed by atoms with van der Waals surface area (Å²) >= 11 is 0. The molecule has 0 aliphatic carbocycles. The Balaban J connectivity index is 0.000000445. The highest BCUT2D eigenvalue weighted by Crippen LogP contribution is 2.22. The van der Waals surface area contributed by atoms with Crippen LogP contribution in [0.15, 0.2) is 60.7 Å². The summed E-state index contributed by atoms with van der Waals surface area (Å²) in [6.07, 6.45) is -2.52. The van der Waals surface area contributed by atoms with Crippen molar-refractivity contribution in [2.24, 2.45) is 0 Å². The maximum Gasteiger partial charge on any atom is 0.490 e. The quantitative estimate of drug-likeness (QED) is 0.761. The van der Waals surface area contributed by atoms with Crippen molar-refractivity contribution in [3.63, 3.8) is 0 Å². The lowest BCUT2D eigenvalue weighted by Gasteiger charge is -2.20. The number of carboxylic acids is 1. The number of alkyl halides is 3. The van der Waals surface area contributed by atoms with E-state index in [0.717, 1.165) is 24.0 Å². The molecule has 0 bridgehead atoms. The monoisotopic (exact) mass is 381 g/mol. The van der Waals surface area contributed by atoms with Gasteiger partial charge in [-0.2, -0.15) is 13.2 Å². The summed E-state index contributed by atoms with van der Waals surface area (Å²) in [5.41, 5.74) is 2.23. The predicted molar refractivity (Wildman–Crippen MR) is 96.1 cm³/mol. The largest absolute Gasteiger partial charge is 0.490 e. The first-order chi connectivity index (χ1) is 12.8. The van der Waals surface area contributed by atoms with Gasteiger partial charge in [-0.15, -0.1) is 0 Å². The van der Waals surface area contributed by atoms with Crippen molar-refractivity contribution in [3.05, 3.63) is 71.8 Å². The number of amides is 1. The summed E-state index contributed by atoms with van der Waals surface area (Å²) in [7, 11) is 0. The Morgan fingerprint density at radius 2 is 1.37 bits per heavy atom. The Morgan fingerprint density at radius 1 is 0.963 bits per heavy atom. The van der Waals surface area contributed by atoms with Crippen LogP contribution < -0.4 is 5.32 Å². The Kier molecular flexibility index (Phi) is 9.05. The van der Waals surface area contributed by atoms with Gasteiger partial charge >= 0.3 is 12.1 Å². The van der Waals surface area contributed by atoms with Crippen molar-refractivity contribution in [1.29, 1.82) is 0 Å². The van der Waals surface area contributed by atoms with Crippen LogP contribution in [-0.4, -0.2) is 23.2 Å². The number of nitrogens with one attached hydrogen (secondary N) is 1. The fourth-order valence-electron chi connectivity index (χ4n) is 2.22. The number of halogens is 3. The molecular weight excluding hydrogens is 359 g/mol. The third-order valence-corrected chi connectivity index (χ3v) is 3.57. The number of carboxylic acid groups (broad SMARTS) is 1. The number of unbranched alkanes of at least 4 members (excludes halogenated alkanes) is 1. The first-order valence-corrected chi connectivity index (χ1v) is 8.45. The van der Waals surface area contributed by atoms with Gasteiger partial charge in [-0.05, 0) is 17.5 Å². The molecule has 146 valence electrons. The van der Waals surface area contributed by atoms with Crippen molar-refractivity contribution in [2.45, 2.75) is 38.4 Å². The molecule has 4 nitrogen and oxygen atoms in total. The summed E-state index contributed by atoms with van der Waals surface area (Å²) in [4.78, 5) is 20.9. The number of carbonyl (C=O) groups is 2. The van der Waals surface area contributed by atoms with Gasteiger partial charge in [0.2, 0.25) is 5.91 Å². The van der Waals surface area contributed by atoms with Crippen LogP contribution in [0.4, 0.5) is 13.2 Å². The third kappa shape index (κ3) is 8.40. The van der Waals surface area contributed by atoms with E-state index in [0.29, 0.717) is 6.42 Å². The fourth-order valence-corrected chi connectivity index (χ4v) is 2.22. The molecule has 0 radical (unpaired) electrons. The molecule has 2 N–H and O–H groups in total. The topological polar surface area (TPSA) is 66.4 Å². The zero-order chi connectivity index (χ0) is 20.3. The van der Waals surface area contributed by atoms with Crippen LogP contribution in [-0.2, 0) is 9.59 Å². The smallest absolute Gasteiger partial charge is 0.475 e. The SMILES string of the molecule is CCCCC(=O)NC(c1ccccc1)c1ccccc1.O=C(O)C(F)(F)F. The van der Waals surface area contributed by atoms with Crippen LogP contribution in [0.2, 0.25) is 0 Å². The van der Waals surface area contributed by atoms with Crippen LogP contribution in [0.3, 0.4) is 0 Å². The summed E-state index contributed by atoms with van der Waals surface area (Å²) in [6.45, 7) is 2.10. The summed E-state index contributed by atoms with van der Waals surface area (Å²) in [5.74, 6) is -2.64. The van der Waals surface area contributed by atoms with Gasteiger partial charge < -0.3 is 10.4 Å². The summed E-state index contributed by atoms with van der Waals surface area (Å²) < 4.78 is 31.7. The summed E-state index contributed by atoms with van der Waals surface area (Å²) in [5, 5.41) is 10.3. The normalized spacial score (nSPS) is 10.7. The van der Waals surface area contributed by atoms with Crippen LogP contribution in [0.5, 0.6) is 0 Å². The molecular formula is C20H22F3NO3. The lowest BCUT2D eigenvalue weighted by atomic mass is 9.98. The number of carbonyl (C=O) groups excluding carboxylic acids is 1. The van der Waals surface area contributed by atoms with E-state index in [1.165, 1.54) is 0 Å². The van der Waals surface area contributed by atoms with E-state index in [2.05, 4.69) is 36.5 Å². The second-order valence-corrected chi connectivity index (χ2v) is 5.73. The van der Waals surface area contributed by atoms with Gasteiger partial charge in [0.1, 0.15) is 0 Å². The number of benzene rings is 2. The van der Waals surface area contributed by atoms with E-state index in [4.69, 9.17) is 9.90 Å². The van der Waals surface area contributed by atoms with Gasteiger partial charge in [-0.1, -0.05) is 74.0 Å². The molecule has 0 spiro atoms. The van der Waals surface area contributed by atoms with Crippen molar-refractivity contribution in [1.82, 2.24) is 5.32 Å². The molecule has 0 aromatic heterocycles. The van der Waals surface area contributed by atoms with Crippen molar-refractivity contribution < 1.29 is 27.9 Å². The van der Waals surface area contributed by atoms with Crippen LogP contribution in [0.1, 0.15) is 43.4 Å². The molecule has 2 aromatic carbocycles. The van der Waals surface area contributed by atoms with Crippen molar-refractivity contribution in [2.75, 3.05) is 0 Å². The minimum atomic E-state index is -5.08. The molecule has 1 amide bonds. The number of aliphatic carboxylic acids is 1. The van der Waals surface area contributed by atoms with Gasteiger partial charge in [0.15, 0.2) is 0 Å². The van der Waals surface area contributed by atoms with Crippen LogP contribution in [0, 0.1) is 0 Å². The summed E-state index contributed by atoms with van der Waals surface area (Å²) in [6, 6.07) is 20.1. The van der Waals surface area contributed by atoms with E-state index in [-0.39, 0.29) is 11.9 Å². The third-order valence-electron chi connectivity index (χ3n) is 3.57. The zero-order valence-corrected chi connectivity index (χ0v) is 14.9. The van der Waals surface area contributed by atoms with Gasteiger partial charge in [-0.3, -0.25) is 4.79 Å². The minimum absolute atomic E-state index is 0.0678. The van der Waals surface area contributed by atoms with Gasteiger partial charge in [0.25, 0.3) is 0 Å². The Bertz CT molecular complexity index is 664. The van der Waals surface area contributed by atoms with E-state index in [1.54, 1.807) is 0 Å². The van der Waals surface area contributed by atoms with E-state index in [9.17, 15) is 18.0 Å². The first-order valence-electron chi connectivity index (χ1n) is 8.45. The molecule has 0 saturated heterocycles. The van der Waals surface area contributed by atoms with Gasteiger partial charge in [0, 0.05) is 6.42 Å².